The molecule has 7 heteroatoms. The monoisotopic (exact) mass is 437 g/mol. The van der Waals surface area contributed by atoms with E-state index in [0.29, 0.717) is 16.7 Å². The summed E-state index contributed by atoms with van der Waals surface area (Å²) in [5, 5.41) is 0. The van der Waals surface area contributed by atoms with Crippen LogP contribution in [-0.2, 0) is 25.1 Å². The zero-order valence-corrected chi connectivity index (χ0v) is 18.1. The van der Waals surface area contributed by atoms with Crippen molar-refractivity contribution in [2.24, 2.45) is 0 Å². The van der Waals surface area contributed by atoms with E-state index in [1.807, 2.05) is 30.3 Å². The molecule has 0 atom stereocenters. The molecule has 0 saturated carbocycles. The fourth-order valence-corrected chi connectivity index (χ4v) is 5.06. The van der Waals surface area contributed by atoms with Crippen LogP contribution in [0.4, 0.5) is 0 Å². The second kappa shape index (κ2) is 9.95. The molecule has 0 aromatic heterocycles. The van der Waals surface area contributed by atoms with Gasteiger partial charge in [0.15, 0.2) is 14.7 Å². The van der Waals surface area contributed by atoms with Crippen LogP contribution in [0.5, 0.6) is 0 Å². The van der Waals surface area contributed by atoms with Crippen molar-refractivity contribution in [3.05, 3.63) is 89.5 Å². The van der Waals surface area contributed by atoms with Gasteiger partial charge in [0.05, 0.1) is 48.9 Å². The lowest BCUT2D eigenvalue weighted by molar-refractivity contribution is 0.0591. The number of rotatable bonds is 6. The fourth-order valence-electron chi connectivity index (χ4n) is 2.97. The van der Waals surface area contributed by atoms with Gasteiger partial charge in [0.25, 0.3) is 0 Å². The molecule has 0 spiro atoms. The third-order valence-corrected chi connectivity index (χ3v) is 6.73. The molecule has 3 aromatic carbocycles. The molecule has 0 saturated heterocycles. The summed E-state index contributed by atoms with van der Waals surface area (Å²) < 4.78 is 14.4. The van der Waals surface area contributed by atoms with Crippen molar-refractivity contribution in [1.29, 1.82) is 0 Å². The summed E-state index contributed by atoms with van der Waals surface area (Å²) in [5.41, 5.74) is 1.33. The molecule has 0 amide bonds. The fraction of sp³-hybridized carbons (Fsp3) is 0.125. The van der Waals surface area contributed by atoms with Gasteiger partial charge in [-0.3, -0.25) is 0 Å². The number of benzene rings is 3. The number of methoxy groups -OCH3 is 3. The van der Waals surface area contributed by atoms with Crippen molar-refractivity contribution in [2.75, 3.05) is 21.3 Å². The van der Waals surface area contributed by atoms with E-state index < -0.39 is 28.8 Å². The van der Waals surface area contributed by atoms with E-state index in [9.17, 15) is 14.4 Å². The zero-order valence-electron chi connectivity index (χ0n) is 17.3. The highest BCUT2D eigenvalue weighted by Gasteiger charge is 2.30. The van der Waals surface area contributed by atoms with E-state index in [1.165, 1.54) is 21.3 Å². The molecular weight excluding hydrogens is 416 g/mol. The first-order valence-electron chi connectivity index (χ1n) is 9.28. The summed E-state index contributed by atoms with van der Waals surface area (Å²) in [6.45, 7) is 0. The van der Waals surface area contributed by atoms with E-state index in [-0.39, 0.29) is 0 Å². The third-order valence-electron chi connectivity index (χ3n) is 4.51. The molecular formula is C24H21O6S+. The highest BCUT2D eigenvalue weighted by Crippen LogP contribution is 2.32. The SMILES string of the molecule is COC(=O)c1ccc([S+](c2ccc(C(=O)OC)cc2)c2cccc(C(=O)OC)c2)cc1. The minimum Gasteiger partial charge on any atom is -0.465 e. The molecule has 158 valence electrons. The molecule has 6 nitrogen and oxygen atoms in total. The summed E-state index contributed by atoms with van der Waals surface area (Å²) in [7, 11) is 3.41. The molecule has 0 aliphatic rings. The average Bonchev–Trinajstić information content (AvgIpc) is 2.83. The van der Waals surface area contributed by atoms with Crippen LogP contribution in [0, 0.1) is 0 Å². The molecule has 3 aromatic rings. The van der Waals surface area contributed by atoms with Gasteiger partial charge in [-0.1, -0.05) is 6.07 Å². The van der Waals surface area contributed by atoms with Crippen molar-refractivity contribution in [1.82, 2.24) is 0 Å². The molecule has 0 fully saturated rings. The molecule has 0 aliphatic heterocycles. The highest BCUT2D eigenvalue weighted by molar-refractivity contribution is 7.97. The Morgan fingerprint density at radius 2 is 0.968 bits per heavy atom. The maximum atomic E-state index is 12.0. The standard InChI is InChI=1S/C24H21O6S/c1-28-22(25)16-7-11-19(12-8-16)31(20-13-9-17(10-14-20)23(26)29-2)21-6-4-5-18(15-21)24(27)30-3/h4-15H,1-3H3/q+1. The van der Waals surface area contributed by atoms with Gasteiger partial charge < -0.3 is 14.2 Å². The number of esters is 3. The summed E-state index contributed by atoms with van der Waals surface area (Å²) in [6.07, 6.45) is 0. The van der Waals surface area contributed by atoms with Crippen LogP contribution in [0.2, 0.25) is 0 Å². The summed E-state index contributed by atoms with van der Waals surface area (Å²) >= 11 is 0. The Balaban J connectivity index is 2.09. The first kappa shape index (κ1) is 22.1. The second-order valence-corrected chi connectivity index (χ2v) is 8.38. The molecule has 0 unspecified atom stereocenters. The molecule has 0 aliphatic carbocycles. The van der Waals surface area contributed by atoms with Gasteiger partial charge in [-0.2, -0.15) is 0 Å². The number of carbonyl (C=O) groups excluding carboxylic acids is 3. The summed E-state index contributed by atoms with van der Waals surface area (Å²) in [4.78, 5) is 38.4. The number of hydrogen-bond acceptors (Lipinski definition) is 6. The predicted octanol–water partition coefficient (Wildman–Crippen LogP) is 4.14. The van der Waals surface area contributed by atoms with Gasteiger partial charge in [0.1, 0.15) is 0 Å². The van der Waals surface area contributed by atoms with Crippen molar-refractivity contribution < 1.29 is 28.6 Å². The maximum absolute atomic E-state index is 12.0. The molecule has 3 rings (SSSR count). The lowest BCUT2D eigenvalue weighted by atomic mass is 10.2. The molecule has 0 radical (unpaired) electrons. The van der Waals surface area contributed by atoms with E-state index in [4.69, 9.17) is 14.2 Å². The smallest absolute Gasteiger partial charge is 0.338 e. The van der Waals surface area contributed by atoms with Crippen molar-refractivity contribution in [3.8, 4) is 0 Å². The number of hydrogen-bond donors (Lipinski definition) is 0. The van der Waals surface area contributed by atoms with Crippen LogP contribution < -0.4 is 0 Å². The minimum atomic E-state index is -0.602. The highest BCUT2D eigenvalue weighted by atomic mass is 32.2. The van der Waals surface area contributed by atoms with E-state index in [0.717, 1.165) is 14.7 Å². The summed E-state index contributed by atoms with van der Waals surface area (Å²) in [6, 6.07) is 21.4. The lowest BCUT2D eigenvalue weighted by Crippen LogP contribution is -2.09. The predicted molar refractivity (Wildman–Crippen MR) is 116 cm³/mol. The normalized spacial score (nSPS) is 10.5. The molecule has 0 heterocycles. The van der Waals surface area contributed by atoms with Crippen LogP contribution in [-0.4, -0.2) is 39.2 Å². The minimum absolute atomic E-state index is 0.415. The van der Waals surface area contributed by atoms with Gasteiger partial charge in [0, 0.05) is 6.07 Å². The first-order chi connectivity index (χ1) is 15.0. The van der Waals surface area contributed by atoms with Crippen LogP contribution in [0.1, 0.15) is 31.1 Å². The van der Waals surface area contributed by atoms with Gasteiger partial charge >= 0.3 is 17.9 Å². The summed E-state index contributed by atoms with van der Waals surface area (Å²) in [5.74, 6) is -1.25. The second-order valence-electron chi connectivity index (χ2n) is 6.36. The van der Waals surface area contributed by atoms with Gasteiger partial charge in [-0.05, 0) is 60.7 Å². The van der Waals surface area contributed by atoms with Crippen molar-refractivity contribution in [2.45, 2.75) is 14.7 Å². The average molecular weight is 437 g/mol. The first-order valence-corrected chi connectivity index (χ1v) is 10.5. The van der Waals surface area contributed by atoms with Crippen LogP contribution in [0.15, 0.2) is 87.5 Å². The quantitative estimate of drug-likeness (QED) is 0.328. The largest absolute Gasteiger partial charge is 0.465 e. The topological polar surface area (TPSA) is 78.9 Å². The van der Waals surface area contributed by atoms with Crippen LogP contribution in [0.3, 0.4) is 0 Å². The van der Waals surface area contributed by atoms with Crippen molar-refractivity contribution in [3.63, 3.8) is 0 Å². The van der Waals surface area contributed by atoms with E-state index in [2.05, 4.69) is 0 Å². The Kier molecular flexibility index (Phi) is 7.10. The van der Waals surface area contributed by atoms with Gasteiger partial charge in [0.2, 0.25) is 0 Å². The number of ether oxygens (including phenoxy) is 3. The zero-order chi connectivity index (χ0) is 22.4. The third kappa shape index (κ3) is 4.95. The number of carbonyl (C=O) groups is 3. The molecule has 0 bridgehead atoms. The van der Waals surface area contributed by atoms with Gasteiger partial charge in [-0.25, -0.2) is 14.4 Å². The van der Waals surface area contributed by atoms with Gasteiger partial charge in [-0.15, -0.1) is 0 Å². The van der Waals surface area contributed by atoms with Crippen LogP contribution in [0.25, 0.3) is 0 Å². The van der Waals surface area contributed by atoms with E-state index >= 15 is 0 Å². The van der Waals surface area contributed by atoms with Crippen molar-refractivity contribution >= 4 is 28.8 Å². The Bertz CT molecular complexity index is 1030. The Labute approximate surface area is 183 Å². The van der Waals surface area contributed by atoms with Crippen LogP contribution >= 0.6 is 0 Å². The lowest BCUT2D eigenvalue weighted by Gasteiger charge is -2.10. The van der Waals surface area contributed by atoms with E-state index in [1.54, 1.807) is 42.5 Å². The molecule has 31 heavy (non-hydrogen) atoms. The maximum Gasteiger partial charge on any atom is 0.338 e. The Hall–Kier alpha value is -3.58. The Morgan fingerprint density at radius 3 is 1.39 bits per heavy atom. The Morgan fingerprint density at radius 1 is 0.548 bits per heavy atom. The molecule has 0 N–H and O–H groups in total.